The zero-order chi connectivity index (χ0) is 28.7. The van der Waals surface area contributed by atoms with Gasteiger partial charge >= 0.3 is 5.97 Å². The zero-order valence-electron chi connectivity index (χ0n) is 22.2. The maximum Gasteiger partial charge on any atom is 0.326 e. The summed E-state index contributed by atoms with van der Waals surface area (Å²) >= 11 is 0. The van der Waals surface area contributed by atoms with E-state index in [4.69, 9.17) is 17.2 Å². The second-order valence-electron chi connectivity index (χ2n) is 9.74. The molecule has 0 aromatic heterocycles. The summed E-state index contributed by atoms with van der Waals surface area (Å²) in [7, 11) is 0. The molecule has 0 spiro atoms. The third-order valence-corrected chi connectivity index (χ3v) is 5.86. The van der Waals surface area contributed by atoms with Crippen molar-refractivity contribution in [1.82, 2.24) is 16.0 Å². The van der Waals surface area contributed by atoms with Crippen molar-refractivity contribution in [2.75, 3.05) is 6.54 Å². The van der Waals surface area contributed by atoms with Gasteiger partial charge in [-0.2, -0.15) is 0 Å². The Morgan fingerprint density at radius 2 is 1.42 bits per heavy atom. The van der Waals surface area contributed by atoms with Crippen molar-refractivity contribution in [2.45, 2.75) is 83.0 Å². The van der Waals surface area contributed by atoms with Crippen molar-refractivity contribution in [3.8, 4) is 0 Å². The molecule has 0 saturated carbocycles. The lowest BCUT2D eigenvalue weighted by molar-refractivity contribution is -0.142. The van der Waals surface area contributed by atoms with Gasteiger partial charge in [-0.25, -0.2) is 4.79 Å². The van der Waals surface area contributed by atoms with Crippen molar-refractivity contribution < 1.29 is 29.1 Å². The van der Waals surface area contributed by atoms with E-state index in [1.165, 1.54) is 0 Å². The first kappa shape index (κ1) is 32.5. The summed E-state index contributed by atoms with van der Waals surface area (Å²) in [4.78, 5) is 61.8. The van der Waals surface area contributed by atoms with Crippen molar-refractivity contribution in [3.05, 3.63) is 35.9 Å². The molecule has 12 heteroatoms. The molecule has 0 bridgehead atoms. The lowest BCUT2D eigenvalue weighted by Crippen LogP contribution is -2.57. The van der Waals surface area contributed by atoms with Crippen LogP contribution < -0.4 is 33.2 Å². The fourth-order valence-corrected chi connectivity index (χ4v) is 3.77. The highest BCUT2D eigenvalue weighted by Crippen LogP contribution is 2.10. The van der Waals surface area contributed by atoms with E-state index in [1.807, 2.05) is 32.0 Å². The summed E-state index contributed by atoms with van der Waals surface area (Å²) < 4.78 is 0. The molecule has 12 nitrogen and oxygen atoms in total. The number of carboxylic acids is 1. The fourth-order valence-electron chi connectivity index (χ4n) is 3.77. The van der Waals surface area contributed by atoms with Crippen LogP contribution in [-0.4, -0.2) is 65.4 Å². The molecule has 0 aliphatic rings. The van der Waals surface area contributed by atoms with Gasteiger partial charge in [0.25, 0.3) is 0 Å². The number of aliphatic carboxylic acids is 1. The normalized spacial score (nSPS) is 14.1. The number of primary amides is 1. The highest BCUT2D eigenvalue weighted by Gasteiger charge is 2.31. The number of hydrogen-bond donors (Lipinski definition) is 7. The van der Waals surface area contributed by atoms with Crippen LogP contribution in [0, 0.1) is 5.92 Å². The molecule has 1 aromatic carbocycles. The predicted octanol–water partition coefficient (Wildman–Crippen LogP) is -0.464. The lowest BCUT2D eigenvalue weighted by atomic mass is 10.00. The number of carboxylic acid groups (broad SMARTS) is 1. The summed E-state index contributed by atoms with van der Waals surface area (Å²) in [5.41, 5.74) is 17.4. The number of nitrogens with one attached hydrogen (secondary N) is 3. The van der Waals surface area contributed by atoms with Gasteiger partial charge in [0.1, 0.15) is 18.1 Å². The average Bonchev–Trinajstić information content (AvgIpc) is 2.85. The van der Waals surface area contributed by atoms with Crippen LogP contribution >= 0.6 is 0 Å². The molecule has 212 valence electrons. The summed E-state index contributed by atoms with van der Waals surface area (Å²) in [6.07, 6.45) is 1.74. The van der Waals surface area contributed by atoms with Crippen LogP contribution in [0.1, 0.15) is 57.9 Å². The van der Waals surface area contributed by atoms with E-state index in [9.17, 15) is 29.1 Å². The molecule has 0 aliphatic heterocycles. The molecule has 0 fully saturated rings. The molecule has 0 heterocycles. The van der Waals surface area contributed by atoms with Gasteiger partial charge < -0.3 is 38.3 Å². The second-order valence-corrected chi connectivity index (χ2v) is 9.74. The summed E-state index contributed by atoms with van der Waals surface area (Å²) in [6.45, 7) is 4.17. The summed E-state index contributed by atoms with van der Waals surface area (Å²) in [5.74, 6) is -3.88. The Morgan fingerprint density at radius 1 is 0.842 bits per heavy atom. The molecule has 0 radical (unpaired) electrons. The van der Waals surface area contributed by atoms with Crippen molar-refractivity contribution in [2.24, 2.45) is 23.1 Å². The molecular formula is C26H42N6O6. The Labute approximate surface area is 223 Å². The fraction of sp³-hybridized carbons (Fsp3) is 0.577. The lowest BCUT2D eigenvalue weighted by Gasteiger charge is -2.26. The topological polar surface area (TPSA) is 220 Å². The van der Waals surface area contributed by atoms with E-state index in [0.29, 0.717) is 19.4 Å². The highest BCUT2D eigenvalue weighted by molar-refractivity contribution is 5.94. The van der Waals surface area contributed by atoms with Crippen LogP contribution in [0.4, 0.5) is 0 Å². The maximum atomic E-state index is 13.4. The van der Waals surface area contributed by atoms with E-state index < -0.39 is 53.8 Å². The maximum absolute atomic E-state index is 13.4. The highest BCUT2D eigenvalue weighted by atomic mass is 16.4. The number of unbranched alkanes of at least 4 members (excludes halogenated alkanes) is 1. The third kappa shape index (κ3) is 12.6. The van der Waals surface area contributed by atoms with Crippen molar-refractivity contribution in [1.29, 1.82) is 0 Å². The van der Waals surface area contributed by atoms with Gasteiger partial charge in [-0.1, -0.05) is 50.6 Å². The largest absolute Gasteiger partial charge is 0.480 e. The van der Waals surface area contributed by atoms with E-state index in [0.717, 1.165) is 12.0 Å². The minimum atomic E-state index is -1.35. The SMILES string of the molecule is CC(C)CC(NC(=O)C(Cc1ccccc1)NC(=O)C(N)CCCCN)C(=O)NC(CCC(N)=O)C(=O)O. The molecule has 1 aromatic rings. The molecule has 4 amide bonds. The Balaban J connectivity index is 3.06. The van der Waals surface area contributed by atoms with Gasteiger partial charge in [-0.3, -0.25) is 19.2 Å². The molecule has 0 saturated heterocycles. The minimum absolute atomic E-state index is 0.0296. The number of rotatable bonds is 18. The monoisotopic (exact) mass is 534 g/mol. The van der Waals surface area contributed by atoms with E-state index in [2.05, 4.69) is 16.0 Å². The first-order valence-electron chi connectivity index (χ1n) is 12.9. The van der Waals surface area contributed by atoms with Crippen molar-refractivity contribution in [3.63, 3.8) is 0 Å². The summed E-state index contributed by atoms with van der Waals surface area (Å²) in [6, 6.07) is 4.76. The molecule has 10 N–H and O–H groups in total. The number of carbonyl (C=O) groups is 5. The smallest absolute Gasteiger partial charge is 0.326 e. The van der Waals surface area contributed by atoms with E-state index in [-0.39, 0.29) is 31.6 Å². The summed E-state index contributed by atoms with van der Waals surface area (Å²) in [5, 5.41) is 17.2. The van der Waals surface area contributed by atoms with Gasteiger partial charge in [0, 0.05) is 12.8 Å². The Bertz CT molecular complexity index is 926. The third-order valence-electron chi connectivity index (χ3n) is 5.86. The van der Waals surface area contributed by atoms with Crippen LogP contribution in [0.2, 0.25) is 0 Å². The van der Waals surface area contributed by atoms with Crippen LogP contribution in [0.15, 0.2) is 30.3 Å². The van der Waals surface area contributed by atoms with Crippen LogP contribution in [-0.2, 0) is 30.4 Å². The van der Waals surface area contributed by atoms with Gasteiger partial charge in [0.2, 0.25) is 23.6 Å². The molecule has 4 unspecified atom stereocenters. The molecule has 0 aliphatic carbocycles. The Kier molecular flexibility index (Phi) is 14.6. The van der Waals surface area contributed by atoms with Gasteiger partial charge in [-0.15, -0.1) is 0 Å². The van der Waals surface area contributed by atoms with Crippen LogP contribution in [0.25, 0.3) is 0 Å². The Hall–Kier alpha value is -3.51. The number of nitrogens with two attached hydrogens (primary N) is 3. The minimum Gasteiger partial charge on any atom is -0.480 e. The Morgan fingerprint density at radius 3 is 1.97 bits per heavy atom. The van der Waals surface area contributed by atoms with Gasteiger partial charge in [0.15, 0.2) is 0 Å². The number of benzene rings is 1. The number of carbonyl (C=O) groups excluding carboxylic acids is 4. The number of amides is 4. The molecule has 1 rings (SSSR count). The average molecular weight is 535 g/mol. The molecule has 4 atom stereocenters. The van der Waals surface area contributed by atoms with Crippen molar-refractivity contribution >= 4 is 29.6 Å². The van der Waals surface area contributed by atoms with E-state index in [1.54, 1.807) is 12.1 Å². The second kappa shape index (κ2) is 17.1. The quantitative estimate of drug-likeness (QED) is 0.122. The standard InChI is InChI=1S/C26H42N6O6/c1-16(2)14-20(24(35)30-19(26(37)38)11-12-22(29)33)32-25(36)21(15-17-8-4-3-5-9-17)31-23(34)18(28)10-6-7-13-27/h3-5,8-9,16,18-21H,6-7,10-15,27-28H2,1-2H3,(H2,29,33)(H,30,35)(H,31,34)(H,32,36)(H,37,38). The van der Waals surface area contributed by atoms with E-state index >= 15 is 0 Å². The molecular weight excluding hydrogens is 492 g/mol. The van der Waals surface area contributed by atoms with Gasteiger partial charge in [0.05, 0.1) is 6.04 Å². The zero-order valence-corrected chi connectivity index (χ0v) is 22.2. The van der Waals surface area contributed by atoms with Crippen LogP contribution in [0.3, 0.4) is 0 Å². The molecule has 38 heavy (non-hydrogen) atoms. The van der Waals surface area contributed by atoms with Crippen LogP contribution in [0.5, 0.6) is 0 Å². The first-order valence-corrected chi connectivity index (χ1v) is 12.9. The van der Waals surface area contributed by atoms with Gasteiger partial charge in [-0.05, 0) is 43.7 Å². The number of hydrogen-bond acceptors (Lipinski definition) is 7. The first-order chi connectivity index (χ1) is 17.9. The predicted molar refractivity (Wildman–Crippen MR) is 142 cm³/mol.